The van der Waals surface area contributed by atoms with E-state index in [1.165, 1.54) is 0 Å². The Bertz CT molecular complexity index is 1560. The Morgan fingerprint density at radius 2 is 1.72 bits per heavy atom. The molecule has 1 unspecified atom stereocenters. The van der Waals surface area contributed by atoms with Crippen molar-refractivity contribution < 1.29 is 14.4 Å². The molecular formula is C33H39N7O3. The van der Waals surface area contributed by atoms with Crippen molar-refractivity contribution >= 4 is 34.3 Å². The molecule has 5 rings (SSSR count). The number of H-pyrrole nitrogens is 1. The minimum Gasteiger partial charge on any atom is -0.351 e. The first-order chi connectivity index (χ1) is 20.9. The SMILES string of the molecule is NCCNC(=O)c1ccc(-c2cccc(CC(NC(=O)C3CCC(CN)CC3)C(=O)Nc3ccc4cn[nH]c4c3)c2)cc1. The topological polar surface area (TPSA) is 168 Å². The fourth-order valence-electron chi connectivity index (χ4n) is 5.62. The van der Waals surface area contributed by atoms with Crippen molar-refractivity contribution in [3.05, 3.63) is 84.1 Å². The largest absolute Gasteiger partial charge is 0.351 e. The minimum absolute atomic E-state index is 0.0979. The predicted octanol–water partition coefficient (Wildman–Crippen LogP) is 3.35. The highest BCUT2D eigenvalue weighted by atomic mass is 16.2. The number of carbonyl (C=O) groups is 3. The van der Waals surface area contributed by atoms with Crippen LogP contribution in [0.15, 0.2) is 72.9 Å². The van der Waals surface area contributed by atoms with Gasteiger partial charge in [-0.3, -0.25) is 19.5 Å². The van der Waals surface area contributed by atoms with Crippen LogP contribution in [0.4, 0.5) is 5.69 Å². The number of nitrogens with two attached hydrogens (primary N) is 2. The van der Waals surface area contributed by atoms with E-state index in [0.29, 0.717) is 43.2 Å². The van der Waals surface area contributed by atoms with E-state index in [1.54, 1.807) is 18.3 Å². The Labute approximate surface area is 251 Å². The Morgan fingerprint density at radius 3 is 2.47 bits per heavy atom. The fourth-order valence-corrected chi connectivity index (χ4v) is 5.62. The van der Waals surface area contributed by atoms with Gasteiger partial charge in [0, 0.05) is 42.1 Å². The normalized spacial score (nSPS) is 17.3. The van der Waals surface area contributed by atoms with E-state index < -0.39 is 6.04 Å². The summed E-state index contributed by atoms with van der Waals surface area (Å²) in [6, 6.07) is 20.0. The zero-order valence-corrected chi connectivity index (χ0v) is 24.1. The molecule has 1 aromatic heterocycles. The molecule has 0 spiro atoms. The maximum absolute atomic E-state index is 13.6. The Balaban J connectivity index is 1.33. The van der Waals surface area contributed by atoms with Crippen LogP contribution in [0.2, 0.25) is 0 Å². The van der Waals surface area contributed by atoms with Gasteiger partial charge in [0.1, 0.15) is 6.04 Å². The average molecular weight is 582 g/mol. The van der Waals surface area contributed by atoms with Gasteiger partial charge in [0.2, 0.25) is 11.8 Å². The first kappa shape index (κ1) is 29.9. The quantitative estimate of drug-likeness (QED) is 0.159. The highest BCUT2D eigenvalue weighted by molar-refractivity contribution is 5.99. The van der Waals surface area contributed by atoms with Gasteiger partial charge in [-0.2, -0.15) is 5.10 Å². The molecule has 224 valence electrons. The van der Waals surface area contributed by atoms with Gasteiger partial charge in [-0.05, 0) is 85.2 Å². The summed E-state index contributed by atoms with van der Waals surface area (Å²) in [7, 11) is 0. The van der Waals surface area contributed by atoms with Crippen LogP contribution in [0.5, 0.6) is 0 Å². The van der Waals surface area contributed by atoms with Gasteiger partial charge in [0.25, 0.3) is 5.91 Å². The summed E-state index contributed by atoms with van der Waals surface area (Å²) in [5.74, 6) is -0.233. The Morgan fingerprint density at radius 1 is 0.930 bits per heavy atom. The van der Waals surface area contributed by atoms with Crippen molar-refractivity contribution in [1.82, 2.24) is 20.8 Å². The van der Waals surface area contributed by atoms with Crippen LogP contribution in [-0.2, 0) is 16.0 Å². The zero-order valence-electron chi connectivity index (χ0n) is 24.1. The standard InChI is InChI=1S/C33H39N7O3/c34-14-15-36-31(41)24-10-8-23(9-11-24)26-3-1-2-22(16-26)17-30(39-32(42)25-6-4-21(19-35)5-7-25)33(43)38-28-13-12-27-20-37-40-29(27)18-28/h1-3,8-13,16,18,20-21,25,30H,4-7,14-15,17,19,34-35H2,(H,36,41)(H,37,40)(H,38,43)(H,39,42). The number of fused-ring (bicyclic) bond motifs is 1. The van der Waals surface area contributed by atoms with Crippen molar-refractivity contribution in [3.63, 3.8) is 0 Å². The van der Waals surface area contributed by atoms with Crippen molar-refractivity contribution in [2.45, 2.75) is 38.1 Å². The van der Waals surface area contributed by atoms with E-state index in [2.05, 4.69) is 26.1 Å². The van der Waals surface area contributed by atoms with Crippen LogP contribution in [0.25, 0.3) is 22.0 Å². The molecule has 4 aromatic rings. The van der Waals surface area contributed by atoms with E-state index in [4.69, 9.17) is 11.5 Å². The van der Waals surface area contributed by atoms with Gasteiger partial charge in [-0.25, -0.2) is 0 Å². The molecule has 1 aliphatic carbocycles. The third kappa shape index (κ3) is 7.65. The van der Waals surface area contributed by atoms with Gasteiger partial charge >= 0.3 is 0 Å². The van der Waals surface area contributed by atoms with Crippen LogP contribution in [0, 0.1) is 11.8 Å². The maximum atomic E-state index is 13.6. The lowest BCUT2D eigenvalue weighted by atomic mass is 9.81. The molecular weight excluding hydrogens is 542 g/mol. The lowest BCUT2D eigenvalue weighted by Crippen LogP contribution is -2.48. The van der Waals surface area contributed by atoms with Crippen molar-refractivity contribution in [1.29, 1.82) is 0 Å². The average Bonchev–Trinajstić information content (AvgIpc) is 3.51. The molecule has 0 bridgehead atoms. The van der Waals surface area contributed by atoms with Crippen molar-refractivity contribution in [2.24, 2.45) is 23.3 Å². The fraction of sp³-hybridized carbons (Fsp3) is 0.333. The molecule has 1 atom stereocenters. The van der Waals surface area contributed by atoms with Crippen LogP contribution >= 0.6 is 0 Å². The molecule has 3 aromatic carbocycles. The number of anilines is 1. The molecule has 10 nitrogen and oxygen atoms in total. The van der Waals surface area contributed by atoms with Gasteiger partial charge < -0.3 is 27.4 Å². The lowest BCUT2D eigenvalue weighted by Gasteiger charge is -2.28. The Kier molecular flexibility index (Phi) is 9.81. The van der Waals surface area contributed by atoms with Crippen LogP contribution < -0.4 is 27.4 Å². The number of aromatic amines is 1. The number of carbonyl (C=O) groups excluding carboxylic acids is 3. The zero-order chi connectivity index (χ0) is 30.2. The third-order valence-corrected chi connectivity index (χ3v) is 8.17. The van der Waals surface area contributed by atoms with Crippen molar-refractivity contribution in [3.8, 4) is 11.1 Å². The highest BCUT2D eigenvalue weighted by Crippen LogP contribution is 2.29. The molecule has 3 amide bonds. The first-order valence-electron chi connectivity index (χ1n) is 14.9. The van der Waals surface area contributed by atoms with E-state index in [9.17, 15) is 14.4 Å². The summed E-state index contributed by atoms with van der Waals surface area (Å²) in [5, 5.41) is 16.7. The lowest BCUT2D eigenvalue weighted by molar-refractivity contribution is -0.130. The number of amides is 3. The summed E-state index contributed by atoms with van der Waals surface area (Å²) in [5.41, 5.74) is 16.1. The number of hydrogen-bond acceptors (Lipinski definition) is 6. The maximum Gasteiger partial charge on any atom is 0.251 e. The second-order valence-corrected chi connectivity index (χ2v) is 11.2. The molecule has 0 aliphatic heterocycles. The molecule has 1 heterocycles. The summed E-state index contributed by atoms with van der Waals surface area (Å²) in [6.45, 7) is 1.44. The molecule has 1 aliphatic rings. The van der Waals surface area contributed by atoms with Gasteiger partial charge in [-0.1, -0.05) is 36.4 Å². The van der Waals surface area contributed by atoms with E-state index >= 15 is 0 Å². The first-order valence-corrected chi connectivity index (χ1v) is 14.9. The highest BCUT2D eigenvalue weighted by Gasteiger charge is 2.29. The number of rotatable bonds is 11. The number of benzene rings is 3. The molecule has 0 saturated heterocycles. The molecule has 8 N–H and O–H groups in total. The monoisotopic (exact) mass is 581 g/mol. The second-order valence-electron chi connectivity index (χ2n) is 11.2. The molecule has 43 heavy (non-hydrogen) atoms. The van der Waals surface area contributed by atoms with Crippen molar-refractivity contribution in [2.75, 3.05) is 25.0 Å². The van der Waals surface area contributed by atoms with Crippen LogP contribution in [0.1, 0.15) is 41.6 Å². The molecule has 1 fully saturated rings. The predicted molar refractivity (Wildman–Crippen MR) is 168 cm³/mol. The van der Waals surface area contributed by atoms with Crippen LogP contribution in [0.3, 0.4) is 0 Å². The number of aromatic nitrogens is 2. The van der Waals surface area contributed by atoms with E-state index in [-0.39, 0.29) is 23.6 Å². The summed E-state index contributed by atoms with van der Waals surface area (Å²) in [4.78, 5) is 39.2. The van der Waals surface area contributed by atoms with Gasteiger partial charge in [-0.15, -0.1) is 0 Å². The summed E-state index contributed by atoms with van der Waals surface area (Å²) < 4.78 is 0. The molecule has 0 radical (unpaired) electrons. The Hall–Kier alpha value is -4.54. The molecule has 10 heteroatoms. The van der Waals surface area contributed by atoms with E-state index in [1.807, 2.05) is 54.6 Å². The summed E-state index contributed by atoms with van der Waals surface area (Å²) in [6.07, 6.45) is 5.43. The number of hydrogen-bond donors (Lipinski definition) is 6. The number of nitrogens with one attached hydrogen (secondary N) is 4. The van der Waals surface area contributed by atoms with Crippen LogP contribution in [-0.4, -0.2) is 53.6 Å². The summed E-state index contributed by atoms with van der Waals surface area (Å²) >= 11 is 0. The smallest absolute Gasteiger partial charge is 0.251 e. The second kappa shape index (κ2) is 14.1. The van der Waals surface area contributed by atoms with Gasteiger partial charge in [0.15, 0.2) is 0 Å². The van der Waals surface area contributed by atoms with E-state index in [0.717, 1.165) is 53.3 Å². The molecule has 1 saturated carbocycles. The van der Waals surface area contributed by atoms with Gasteiger partial charge in [0.05, 0.1) is 11.7 Å². The third-order valence-electron chi connectivity index (χ3n) is 8.17. The number of nitrogens with zero attached hydrogens (tertiary/aromatic N) is 1. The minimum atomic E-state index is -0.777.